The van der Waals surface area contributed by atoms with Crippen LogP contribution in [0.4, 0.5) is 0 Å². The smallest absolute Gasteiger partial charge is 0.222 e. The van der Waals surface area contributed by atoms with E-state index in [2.05, 4.69) is 5.32 Å². The first-order chi connectivity index (χ1) is 7.75. The fourth-order valence-electron chi connectivity index (χ4n) is 2.49. The van der Waals surface area contributed by atoms with Crippen LogP contribution in [-0.4, -0.2) is 49.7 Å². The normalized spacial score (nSPS) is 31.4. The third-order valence-electron chi connectivity index (χ3n) is 3.43. The van der Waals surface area contributed by atoms with Crippen molar-refractivity contribution in [3.8, 4) is 0 Å². The lowest BCUT2D eigenvalue weighted by Gasteiger charge is -2.23. The highest BCUT2D eigenvalue weighted by Gasteiger charge is 2.24. The molecule has 2 aliphatic rings. The molecule has 0 saturated carbocycles. The monoisotopic (exact) mass is 226 g/mol. The Labute approximate surface area is 97.3 Å². The van der Waals surface area contributed by atoms with E-state index in [4.69, 9.17) is 4.74 Å². The van der Waals surface area contributed by atoms with Crippen LogP contribution in [-0.2, 0) is 9.53 Å². The summed E-state index contributed by atoms with van der Waals surface area (Å²) >= 11 is 0. The largest absolute Gasteiger partial charge is 0.377 e. The number of hydrogen-bond acceptors (Lipinski definition) is 3. The van der Waals surface area contributed by atoms with Crippen molar-refractivity contribution in [2.45, 2.75) is 32.3 Å². The van der Waals surface area contributed by atoms with Gasteiger partial charge in [0.15, 0.2) is 0 Å². The molecule has 1 N–H and O–H groups in total. The van der Waals surface area contributed by atoms with Gasteiger partial charge in [-0.15, -0.1) is 0 Å². The van der Waals surface area contributed by atoms with Crippen molar-refractivity contribution in [1.82, 2.24) is 10.2 Å². The molecule has 1 amide bonds. The van der Waals surface area contributed by atoms with Gasteiger partial charge in [0.05, 0.1) is 6.10 Å². The maximum atomic E-state index is 12.1. The Morgan fingerprint density at radius 2 is 2.44 bits per heavy atom. The molecule has 2 fully saturated rings. The van der Waals surface area contributed by atoms with E-state index in [1.807, 2.05) is 11.8 Å². The van der Waals surface area contributed by atoms with Crippen molar-refractivity contribution in [2.75, 3.05) is 32.8 Å². The summed E-state index contributed by atoms with van der Waals surface area (Å²) in [5, 5.41) is 3.31. The summed E-state index contributed by atoms with van der Waals surface area (Å²) in [5.41, 5.74) is 0. The lowest BCUT2D eigenvalue weighted by atomic mass is 10.0. The summed E-state index contributed by atoms with van der Waals surface area (Å²) in [6.45, 7) is 6.53. The van der Waals surface area contributed by atoms with E-state index >= 15 is 0 Å². The molecular formula is C12H22N2O2. The van der Waals surface area contributed by atoms with Gasteiger partial charge in [-0.3, -0.25) is 4.79 Å². The van der Waals surface area contributed by atoms with Gasteiger partial charge in [-0.25, -0.2) is 0 Å². The number of amides is 1. The van der Waals surface area contributed by atoms with E-state index in [1.165, 1.54) is 0 Å². The molecule has 2 heterocycles. The van der Waals surface area contributed by atoms with Gasteiger partial charge in [0.25, 0.3) is 0 Å². The minimum atomic E-state index is 0.188. The lowest BCUT2D eigenvalue weighted by molar-refractivity contribution is -0.132. The van der Waals surface area contributed by atoms with Crippen LogP contribution >= 0.6 is 0 Å². The topological polar surface area (TPSA) is 41.6 Å². The van der Waals surface area contributed by atoms with Gasteiger partial charge < -0.3 is 15.0 Å². The molecule has 0 aromatic rings. The average Bonchev–Trinajstić information content (AvgIpc) is 2.65. The molecule has 0 aromatic heterocycles. The predicted molar refractivity (Wildman–Crippen MR) is 62.2 cm³/mol. The highest BCUT2D eigenvalue weighted by molar-refractivity contribution is 5.76. The summed E-state index contributed by atoms with van der Waals surface area (Å²) in [5.74, 6) is 0.859. The Bertz CT molecular complexity index is 239. The first-order valence-electron chi connectivity index (χ1n) is 6.36. The Kier molecular flexibility index (Phi) is 4.18. The van der Waals surface area contributed by atoms with Gasteiger partial charge in [0.2, 0.25) is 5.91 Å². The third kappa shape index (κ3) is 3.19. The number of carbonyl (C=O) groups excluding carboxylic acids is 1. The number of carbonyl (C=O) groups is 1. The second-order valence-corrected chi connectivity index (χ2v) is 4.94. The SMILES string of the molecule is CC1CN(C(=O)CC2CCNC2)CCCO1. The van der Waals surface area contributed by atoms with Crippen LogP contribution in [0.25, 0.3) is 0 Å². The average molecular weight is 226 g/mol. The molecule has 2 rings (SSSR count). The van der Waals surface area contributed by atoms with Gasteiger partial charge in [0, 0.05) is 26.1 Å². The standard InChI is InChI=1S/C12H22N2O2/c1-10-9-14(5-2-6-16-10)12(15)7-11-3-4-13-8-11/h10-11,13H,2-9H2,1H3. The first kappa shape index (κ1) is 11.9. The van der Waals surface area contributed by atoms with Gasteiger partial charge in [-0.2, -0.15) is 0 Å². The Morgan fingerprint density at radius 1 is 1.56 bits per heavy atom. The van der Waals surface area contributed by atoms with Crippen molar-refractivity contribution < 1.29 is 9.53 Å². The summed E-state index contributed by atoms with van der Waals surface area (Å²) in [6, 6.07) is 0. The van der Waals surface area contributed by atoms with Crippen LogP contribution < -0.4 is 5.32 Å². The van der Waals surface area contributed by atoms with Crippen LogP contribution in [0.15, 0.2) is 0 Å². The Balaban J connectivity index is 1.82. The van der Waals surface area contributed by atoms with E-state index in [-0.39, 0.29) is 6.10 Å². The summed E-state index contributed by atoms with van der Waals surface area (Å²) in [6.07, 6.45) is 3.01. The number of nitrogens with one attached hydrogen (secondary N) is 1. The molecule has 2 unspecified atom stereocenters. The van der Waals surface area contributed by atoms with Crippen LogP contribution in [0.3, 0.4) is 0 Å². The second-order valence-electron chi connectivity index (χ2n) is 4.94. The lowest BCUT2D eigenvalue weighted by Crippen LogP contribution is -2.37. The van der Waals surface area contributed by atoms with E-state index in [0.717, 1.165) is 45.6 Å². The number of rotatable bonds is 2. The van der Waals surface area contributed by atoms with E-state index in [1.54, 1.807) is 0 Å². The Morgan fingerprint density at radius 3 is 3.19 bits per heavy atom. The number of hydrogen-bond donors (Lipinski definition) is 1. The van der Waals surface area contributed by atoms with Crippen molar-refractivity contribution >= 4 is 5.91 Å². The quantitative estimate of drug-likeness (QED) is 0.750. The molecule has 16 heavy (non-hydrogen) atoms. The predicted octanol–water partition coefficient (Wildman–Crippen LogP) is 0.623. The zero-order chi connectivity index (χ0) is 11.4. The van der Waals surface area contributed by atoms with Crippen molar-refractivity contribution in [1.29, 1.82) is 0 Å². The first-order valence-corrected chi connectivity index (χ1v) is 6.36. The molecule has 0 aromatic carbocycles. The Hall–Kier alpha value is -0.610. The highest BCUT2D eigenvalue weighted by Crippen LogP contribution is 2.15. The van der Waals surface area contributed by atoms with Crippen molar-refractivity contribution in [3.05, 3.63) is 0 Å². The maximum absolute atomic E-state index is 12.1. The molecular weight excluding hydrogens is 204 g/mol. The van der Waals surface area contributed by atoms with Crippen LogP contribution in [0.1, 0.15) is 26.2 Å². The minimum absolute atomic E-state index is 0.188. The molecule has 0 spiro atoms. The molecule has 0 aliphatic carbocycles. The van der Waals surface area contributed by atoms with Crippen LogP contribution in [0, 0.1) is 5.92 Å². The third-order valence-corrected chi connectivity index (χ3v) is 3.43. The summed E-state index contributed by atoms with van der Waals surface area (Å²) < 4.78 is 5.55. The zero-order valence-electron chi connectivity index (χ0n) is 10.1. The molecule has 2 aliphatic heterocycles. The molecule has 4 nitrogen and oxygen atoms in total. The van der Waals surface area contributed by atoms with E-state index < -0.39 is 0 Å². The van der Waals surface area contributed by atoms with Gasteiger partial charge in [-0.05, 0) is 38.8 Å². The minimum Gasteiger partial charge on any atom is -0.377 e. The van der Waals surface area contributed by atoms with Crippen LogP contribution in [0.5, 0.6) is 0 Å². The van der Waals surface area contributed by atoms with Gasteiger partial charge >= 0.3 is 0 Å². The fourth-order valence-corrected chi connectivity index (χ4v) is 2.49. The molecule has 0 radical (unpaired) electrons. The zero-order valence-corrected chi connectivity index (χ0v) is 10.1. The highest BCUT2D eigenvalue weighted by atomic mass is 16.5. The molecule has 92 valence electrons. The summed E-state index contributed by atoms with van der Waals surface area (Å²) in [4.78, 5) is 14.1. The number of ether oxygens (including phenoxy) is 1. The summed E-state index contributed by atoms with van der Waals surface area (Å²) in [7, 11) is 0. The van der Waals surface area contributed by atoms with Gasteiger partial charge in [0.1, 0.15) is 0 Å². The molecule has 2 atom stereocenters. The molecule has 4 heteroatoms. The van der Waals surface area contributed by atoms with Gasteiger partial charge in [-0.1, -0.05) is 0 Å². The number of nitrogens with zero attached hydrogens (tertiary/aromatic N) is 1. The van der Waals surface area contributed by atoms with E-state index in [9.17, 15) is 4.79 Å². The van der Waals surface area contributed by atoms with Crippen molar-refractivity contribution in [3.63, 3.8) is 0 Å². The second kappa shape index (κ2) is 5.64. The van der Waals surface area contributed by atoms with E-state index in [0.29, 0.717) is 18.2 Å². The molecule has 2 saturated heterocycles. The van der Waals surface area contributed by atoms with Crippen LogP contribution in [0.2, 0.25) is 0 Å². The maximum Gasteiger partial charge on any atom is 0.222 e. The van der Waals surface area contributed by atoms with Crippen molar-refractivity contribution in [2.24, 2.45) is 5.92 Å². The fraction of sp³-hybridized carbons (Fsp3) is 0.917. The molecule has 0 bridgehead atoms.